The number of carbonyl (C=O) groups excluding carboxylic acids is 2. The third kappa shape index (κ3) is 8.77. The molecule has 0 heterocycles. The molecule has 0 amide bonds. The monoisotopic (exact) mass is 401 g/mol. The molecule has 6 heteroatoms. The maximum absolute atomic E-state index is 12.1. The van der Waals surface area contributed by atoms with Crippen LogP contribution in [0.3, 0.4) is 0 Å². The Morgan fingerprint density at radius 1 is 0.741 bits per heavy atom. The van der Waals surface area contributed by atoms with Crippen LogP contribution in [0.2, 0.25) is 24.2 Å². The van der Waals surface area contributed by atoms with Crippen molar-refractivity contribution >= 4 is 20.0 Å². The van der Waals surface area contributed by atoms with Gasteiger partial charge < -0.3 is 15.2 Å². The lowest BCUT2D eigenvalue weighted by Gasteiger charge is -2.28. The van der Waals surface area contributed by atoms with E-state index in [0.29, 0.717) is 0 Å². The first-order valence-electron chi connectivity index (χ1n) is 11.0. The van der Waals surface area contributed by atoms with Gasteiger partial charge in [0.15, 0.2) is 0 Å². The molecule has 0 rings (SSSR count). The highest BCUT2D eigenvalue weighted by molar-refractivity contribution is 6.79. The minimum atomic E-state index is -1.67. The minimum Gasteiger partial charge on any atom is -0.464 e. The fourth-order valence-electron chi connectivity index (χ4n) is 3.70. The third-order valence-corrected chi connectivity index (χ3v) is 12.0. The van der Waals surface area contributed by atoms with E-state index < -0.39 is 25.6 Å². The van der Waals surface area contributed by atoms with Crippen molar-refractivity contribution in [1.29, 1.82) is 0 Å². The smallest absolute Gasteiger partial charge is 0.337 e. The van der Waals surface area contributed by atoms with Crippen LogP contribution in [0, 0.1) is 0 Å². The van der Waals surface area contributed by atoms with Crippen LogP contribution in [-0.4, -0.2) is 38.8 Å². The zero-order valence-electron chi connectivity index (χ0n) is 18.4. The molecule has 0 aliphatic heterocycles. The largest absolute Gasteiger partial charge is 0.464 e. The van der Waals surface area contributed by atoms with Crippen molar-refractivity contribution in [2.45, 2.75) is 109 Å². The van der Waals surface area contributed by atoms with Crippen molar-refractivity contribution in [2.75, 3.05) is 13.2 Å². The van der Waals surface area contributed by atoms with E-state index in [-0.39, 0.29) is 19.6 Å². The number of carbonyl (C=O) groups is 2. The molecule has 0 aliphatic carbocycles. The first kappa shape index (κ1) is 26.1. The van der Waals surface area contributed by atoms with Gasteiger partial charge in [0.05, 0.1) is 21.3 Å². The molecule has 27 heavy (non-hydrogen) atoms. The molecule has 0 aromatic rings. The summed E-state index contributed by atoms with van der Waals surface area (Å²) >= 11 is 0. The summed E-state index contributed by atoms with van der Waals surface area (Å²) in [6.45, 7) is 10.9. The van der Waals surface area contributed by atoms with Crippen molar-refractivity contribution in [2.24, 2.45) is 5.73 Å². The number of hydrogen-bond donors (Lipinski definition) is 1. The maximum atomic E-state index is 12.1. The summed E-state index contributed by atoms with van der Waals surface area (Å²) in [5.74, 6) is -1.35. The number of hydrogen-bond acceptors (Lipinski definition) is 5. The lowest BCUT2D eigenvalue weighted by Crippen LogP contribution is -2.56. The second-order valence-electron chi connectivity index (χ2n) is 7.59. The Labute approximate surface area is 167 Å². The molecule has 0 saturated heterocycles. The van der Waals surface area contributed by atoms with Gasteiger partial charge in [0, 0.05) is 0 Å². The predicted octanol–water partition coefficient (Wildman–Crippen LogP) is 5.05. The predicted molar refractivity (Wildman–Crippen MR) is 115 cm³/mol. The van der Waals surface area contributed by atoms with Crippen molar-refractivity contribution in [3.63, 3.8) is 0 Å². The van der Waals surface area contributed by atoms with Crippen LogP contribution in [0.5, 0.6) is 0 Å². The first-order chi connectivity index (χ1) is 12.9. The van der Waals surface area contributed by atoms with E-state index in [0.717, 1.165) is 19.3 Å². The summed E-state index contributed by atoms with van der Waals surface area (Å²) in [5.41, 5.74) is 4.40. The minimum absolute atomic E-state index is 0.204. The van der Waals surface area contributed by atoms with E-state index in [4.69, 9.17) is 15.2 Å². The van der Waals surface area contributed by atoms with Crippen LogP contribution >= 0.6 is 0 Å². The van der Waals surface area contributed by atoms with Crippen molar-refractivity contribution in [3.8, 4) is 0 Å². The molecule has 0 aromatic carbocycles. The van der Waals surface area contributed by atoms with Gasteiger partial charge in [0.2, 0.25) is 5.54 Å². The molecule has 0 aliphatic rings. The number of unbranched alkanes of at least 4 members (excludes halogenated alkanes) is 5. The standard InChI is InChI=1S/C21H43NO4Si/c1-6-25-19(23)21(22,20(24)26-7-2)17-15-13-11-12-14-16-18-27(8-3,9-4)10-5/h6-18,22H2,1-5H3. The van der Waals surface area contributed by atoms with E-state index in [1.807, 2.05) is 0 Å². The van der Waals surface area contributed by atoms with E-state index in [1.54, 1.807) is 13.8 Å². The maximum Gasteiger partial charge on any atom is 0.337 e. The SMILES string of the molecule is CCOC(=O)C(N)(CCCCCCCC[Si](CC)(CC)CC)C(=O)OCC. The normalized spacial score (nSPS) is 12.1. The molecule has 0 spiro atoms. The number of rotatable bonds is 16. The van der Waals surface area contributed by atoms with Crippen LogP contribution in [0.4, 0.5) is 0 Å². The van der Waals surface area contributed by atoms with Crippen molar-refractivity contribution < 1.29 is 19.1 Å². The molecule has 0 unspecified atom stereocenters. The zero-order chi connectivity index (χ0) is 20.8. The third-order valence-electron chi connectivity index (χ3n) is 6.06. The Kier molecular flexibility index (Phi) is 13.7. The molecular formula is C21H43NO4Si. The Hall–Kier alpha value is -0.883. The Bertz CT molecular complexity index is 398. The molecule has 0 bridgehead atoms. The van der Waals surface area contributed by atoms with E-state index in [1.165, 1.54) is 43.4 Å². The molecule has 5 nitrogen and oxygen atoms in total. The summed E-state index contributed by atoms with van der Waals surface area (Å²) in [4.78, 5) is 24.2. The van der Waals surface area contributed by atoms with Gasteiger partial charge in [-0.15, -0.1) is 0 Å². The van der Waals surface area contributed by atoms with Crippen LogP contribution in [0.15, 0.2) is 0 Å². The van der Waals surface area contributed by atoms with Crippen LogP contribution in [0.25, 0.3) is 0 Å². The fraction of sp³-hybridized carbons (Fsp3) is 0.905. The molecule has 0 radical (unpaired) electrons. The van der Waals surface area contributed by atoms with Gasteiger partial charge in [0.25, 0.3) is 0 Å². The van der Waals surface area contributed by atoms with Crippen molar-refractivity contribution in [3.05, 3.63) is 0 Å². The lowest BCUT2D eigenvalue weighted by atomic mass is 9.93. The van der Waals surface area contributed by atoms with Gasteiger partial charge in [-0.3, -0.25) is 0 Å². The summed E-state index contributed by atoms with van der Waals surface area (Å²) in [7, 11) is -0.978. The van der Waals surface area contributed by atoms with Crippen molar-refractivity contribution in [1.82, 2.24) is 0 Å². The van der Waals surface area contributed by atoms with E-state index in [2.05, 4.69) is 20.8 Å². The highest BCUT2D eigenvalue weighted by atomic mass is 28.3. The second-order valence-corrected chi connectivity index (χ2v) is 13.2. The first-order valence-corrected chi connectivity index (χ1v) is 13.8. The summed E-state index contributed by atoms with van der Waals surface area (Å²) in [6, 6.07) is 5.66. The average Bonchev–Trinajstić information content (AvgIpc) is 2.67. The highest BCUT2D eigenvalue weighted by Gasteiger charge is 2.44. The molecule has 0 saturated carbocycles. The summed E-state index contributed by atoms with van der Waals surface area (Å²) in [6.07, 6.45) is 6.91. The second kappa shape index (κ2) is 14.2. The van der Waals surface area contributed by atoms with Gasteiger partial charge in [-0.2, -0.15) is 0 Å². The molecule has 0 atom stereocenters. The Morgan fingerprint density at radius 2 is 1.15 bits per heavy atom. The van der Waals surface area contributed by atoms with E-state index >= 15 is 0 Å². The quantitative estimate of drug-likeness (QED) is 0.169. The highest BCUT2D eigenvalue weighted by Crippen LogP contribution is 2.28. The van der Waals surface area contributed by atoms with Crippen LogP contribution in [-0.2, 0) is 19.1 Å². The molecular weight excluding hydrogens is 358 g/mol. The molecule has 160 valence electrons. The Balaban J connectivity index is 4.21. The van der Waals surface area contributed by atoms with Gasteiger partial charge in [-0.25, -0.2) is 9.59 Å². The molecule has 0 fully saturated rings. The lowest BCUT2D eigenvalue weighted by molar-refractivity contribution is -0.164. The Morgan fingerprint density at radius 3 is 1.56 bits per heavy atom. The summed E-state index contributed by atoms with van der Waals surface area (Å²) < 4.78 is 9.97. The zero-order valence-corrected chi connectivity index (χ0v) is 19.4. The van der Waals surface area contributed by atoms with Gasteiger partial charge >= 0.3 is 11.9 Å². The topological polar surface area (TPSA) is 78.6 Å². The number of esters is 2. The van der Waals surface area contributed by atoms with Crippen LogP contribution < -0.4 is 5.73 Å². The molecule has 0 aromatic heterocycles. The fourth-order valence-corrected chi connectivity index (χ4v) is 7.26. The van der Waals surface area contributed by atoms with Gasteiger partial charge in [0.1, 0.15) is 0 Å². The van der Waals surface area contributed by atoms with E-state index in [9.17, 15) is 9.59 Å². The molecule has 2 N–H and O–H groups in total. The average molecular weight is 402 g/mol. The van der Waals surface area contributed by atoms with Gasteiger partial charge in [-0.05, 0) is 20.3 Å². The number of ether oxygens (including phenoxy) is 2. The van der Waals surface area contributed by atoms with Crippen LogP contribution in [0.1, 0.15) is 79.6 Å². The number of nitrogens with two attached hydrogens (primary N) is 1. The van der Waals surface area contributed by atoms with Gasteiger partial charge in [-0.1, -0.05) is 83.5 Å². The summed E-state index contributed by atoms with van der Waals surface area (Å²) in [5, 5.41) is 0.